The van der Waals surface area contributed by atoms with E-state index in [-0.39, 0.29) is 6.61 Å². The number of esters is 3. The standard InChI is InChI=1S/C14H17N3O9/c1-6(18)23-5-9-11(24-7(2)19)12(25-8(3)20)13(26-9)17-14(22)16-10(21)4-15-17/h4,9,11-13H,5H2,1-3H3,(H,16,21,22)/t9-,11?,12-,13-/m1/s1. The summed E-state index contributed by atoms with van der Waals surface area (Å²) in [6.07, 6.45) is -3.93. The van der Waals surface area contributed by atoms with Gasteiger partial charge in [0.05, 0.1) is 0 Å². The molecule has 1 N–H and O–H groups in total. The number of aromatic nitrogens is 3. The van der Waals surface area contributed by atoms with Gasteiger partial charge in [0, 0.05) is 20.8 Å². The number of nitrogens with one attached hydrogen (secondary N) is 1. The maximum atomic E-state index is 12.0. The van der Waals surface area contributed by atoms with Crippen molar-refractivity contribution in [1.29, 1.82) is 0 Å². The molecule has 0 bridgehead atoms. The van der Waals surface area contributed by atoms with Gasteiger partial charge in [-0.3, -0.25) is 24.2 Å². The first-order chi connectivity index (χ1) is 12.2. The molecule has 0 radical (unpaired) electrons. The molecule has 1 unspecified atom stereocenters. The number of carbonyl (C=O) groups is 3. The molecule has 4 atom stereocenters. The molecule has 2 rings (SSSR count). The molecule has 0 saturated carbocycles. The predicted octanol–water partition coefficient (Wildman–Crippen LogP) is -1.74. The van der Waals surface area contributed by atoms with Gasteiger partial charge in [0.1, 0.15) is 18.9 Å². The van der Waals surface area contributed by atoms with E-state index in [0.29, 0.717) is 0 Å². The van der Waals surface area contributed by atoms with Crippen LogP contribution in [0.5, 0.6) is 0 Å². The lowest BCUT2D eigenvalue weighted by Crippen LogP contribution is -2.43. The van der Waals surface area contributed by atoms with Gasteiger partial charge in [0.15, 0.2) is 18.4 Å². The number of carbonyl (C=O) groups excluding carboxylic acids is 3. The Morgan fingerprint density at radius 3 is 2.27 bits per heavy atom. The first-order valence-electron chi connectivity index (χ1n) is 7.50. The van der Waals surface area contributed by atoms with Crippen LogP contribution in [-0.2, 0) is 33.3 Å². The molecule has 1 aliphatic heterocycles. The Bertz CT molecular complexity index is 814. The SMILES string of the molecule is CC(=O)OC[C@H]1O[C@@H](n2ncc(=O)[nH]c2=O)[C@H](OC(C)=O)C1OC(C)=O. The quantitative estimate of drug-likeness (QED) is 0.465. The van der Waals surface area contributed by atoms with Crippen LogP contribution in [0, 0.1) is 0 Å². The van der Waals surface area contributed by atoms with E-state index in [0.717, 1.165) is 24.7 Å². The molecule has 1 aromatic heterocycles. The lowest BCUT2D eigenvalue weighted by Gasteiger charge is -2.23. The van der Waals surface area contributed by atoms with Crippen molar-refractivity contribution in [1.82, 2.24) is 14.8 Å². The topological polar surface area (TPSA) is 156 Å². The van der Waals surface area contributed by atoms with Gasteiger partial charge in [-0.05, 0) is 0 Å². The monoisotopic (exact) mass is 371 g/mol. The molecule has 12 nitrogen and oxygen atoms in total. The Morgan fingerprint density at radius 1 is 1.12 bits per heavy atom. The summed E-state index contributed by atoms with van der Waals surface area (Å²) < 4.78 is 21.5. The third kappa shape index (κ3) is 4.53. The Kier molecular flexibility index (Phi) is 5.87. The molecular weight excluding hydrogens is 354 g/mol. The summed E-state index contributed by atoms with van der Waals surface area (Å²) in [6.45, 7) is 3.10. The summed E-state index contributed by atoms with van der Waals surface area (Å²) in [5.74, 6) is -2.04. The maximum absolute atomic E-state index is 12.0. The van der Waals surface area contributed by atoms with E-state index in [1.165, 1.54) is 6.92 Å². The smallest absolute Gasteiger partial charge is 0.347 e. The minimum Gasteiger partial charge on any atom is -0.463 e. The van der Waals surface area contributed by atoms with Gasteiger partial charge in [-0.25, -0.2) is 4.79 Å². The molecule has 0 aromatic carbocycles. The van der Waals surface area contributed by atoms with Gasteiger partial charge in [-0.2, -0.15) is 9.78 Å². The van der Waals surface area contributed by atoms with Gasteiger partial charge in [-0.1, -0.05) is 0 Å². The minimum atomic E-state index is -1.31. The average Bonchev–Trinajstić information content (AvgIpc) is 2.82. The van der Waals surface area contributed by atoms with Gasteiger partial charge >= 0.3 is 23.6 Å². The van der Waals surface area contributed by atoms with Crippen LogP contribution in [-0.4, -0.2) is 57.6 Å². The van der Waals surface area contributed by atoms with Crippen LogP contribution >= 0.6 is 0 Å². The van der Waals surface area contributed by atoms with Crippen LogP contribution < -0.4 is 11.2 Å². The number of hydrogen-bond donors (Lipinski definition) is 1. The maximum Gasteiger partial charge on any atom is 0.347 e. The third-order valence-electron chi connectivity index (χ3n) is 3.32. The third-order valence-corrected chi connectivity index (χ3v) is 3.32. The van der Waals surface area contributed by atoms with E-state index >= 15 is 0 Å². The first-order valence-corrected chi connectivity index (χ1v) is 7.50. The molecule has 142 valence electrons. The largest absolute Gasteiger partial charge is 0.463 e. The number of H-pyrrole nitrogens is 1. The predicted molar refractivity (Wildman–Crippen MR) is 80.8 cm³/mol. The highest BCUT2D eigenvalue weighted by Gasteiger charge is 2.51. The number of ether oxygens (including phenoxy) is 4. The summed E-state index contributed by atoms with van der Waals surface area (Å²) in [6, 6.07) is 0. The van der Waals surface area contributed by atoms with Crippen molar-refractivity contribution in [2.24, 2.45) is 0 Å². The summed E-state index contributed by atoms with van der Waals surface area (Å²) in [7, 11) is 0. The summed E-state index contributed by atoms with van der Waals surface area (Å²) >= 11 is 0. The van der Waals surface area contributed by atoms with Crippen LogP contribution in [0.4, 0.5) is 0 Å². The van der Waals surface area contributed by atoms with Gasteiger partial charge in [0.25, 0.3) is 5.56 Å². The fourth-order valence-electron chi connectivity index (χ4n) is 2.43. The van der Waals surface area contributed by atoms with E-state index in [1.54, 1.807) is 0 Å². The molecule has 0 aliphatic carbocycles. The Balaban J connectivity index is 2.41. The van der Waals surface area contributed by atoms with E-state index in [1.807, 2.05) is 4.98 Å². The first kappa shape index (κ1) is 19.3. The van der Waals surface area contributed by atoms with Crippen molar-refractivity contribution in [3.63, 3.8) is 0 Å². The number of hydrogen-bond acceptors (Lipinski definition) is 10. The van der Waals surface area contributed by atoms with Gasteiger partial charge < -0.3 is 18.9 Å². The van der Waals surface area contributed by atoms with Crippen LogP contribution in [0.15, 0.2) is 15.8 Å². The van der Waals surface area contributed by atoms with E-state index in [2.05, 4.69) is 5.10 Å². The number of aromatic amines is 1. The van der Waals surface area contributed by atoms with E-state index in [4.69, 9.17) is 18.9 Å². The summed E-state index contributed by atoms with van der Waals surface area (Å²) in [5.41, 5.74) is -1.66. The molecule has 12 heteroatoms. The second-order valence-corrected chi connectivity index (χ2v) is 5.40. The van der Waals surface area contributed by atoms with Crippen LogP contribution in [0.3, 0.4) is 0 Å². The van der Waals surface area contributed by atoms with E-state index < -0.39 is 53.7 Å². The second-order valence-electron chi connectivity index (χ2n) is 5.40. The molecule has 1 aliphatic rings. The van der Waals surface area contributed by atoms with Crippen molar-refractivity contribution in [3.8, 4) is 0 Å². The van der Waals surface area contributed by atoms with Crippen LogP contribution in [0.1, 0.15) is 27.0 Å². The summed E-state index contributed by atoms with van der Waals surface area (Å²) in [5, 5.41) is 3.66. The lowest BCUT2D eigenvalue weighted by atomic mass is 10.1. The van der Waals surface area contributed by atoms with Crippen molar-refractivity contribution in [2.75, 3.05) is 6.61 Å². The lowest BCUT2D eigenvalue weighted by molar-refractivity contribution is -0.166. The molecule has 1 aromatic rings. The molecule has 1 fully saturated rings. The molecule has 2 heterocycles. The zero-order valence-corrected chi connectivity index (χ0v) is 14.2. The van der Waals surface area contributed by atoms with Crippen molar-refractivity contribution in [3.05, 3.63) is 27.0 Å². The van der Waals surface area contributed by atoms with Crippen LogP contribution in [0.2, 0.25) is 0 Å². The highest BCUT2D eigenvalue weighted by Crippen LogP contribution is 2.33. The fourth-order valence-corrected chi connectivity index (χ4v) is 2.43. The second kappa shape index (κ2) is 7.91. The average molecular weight is 371 g/mol. The molecule has 0 spiro atoms. The number of rotatable bonds is 5. The van der Waals surface area contributed by atoms with Gasteiger partial charge in [-0.15, -0.1) is 0 Å². The Labute approximate surface area is 146 Å². The van der Waals surface area contributed by atoms with Crippen molar-refractivity contribution in [2.45, 2.75) is 45.3 Å². The molecular formula is C14H17N3O9. The zero-order valence-electron chi connectivity index (χ0n) is 14.2. The van der Waals surface area contributed by atoms with Crippen molar-refractivity contribution >= 4 is 17.9 Å². The van der Waals surface area contributed by atoms with Crippen LogP contribution in [0.25, 0.3) is 0 Å². The normalized spacial score (nSPS) is 24.7. The highest BCUT2D eigenvalue weighted by molar-refractivity contribution is 5.67. The summed E-state index contributed by atoms with van der Waals surface area (Å²) in [4.78, 5) is 59.1. The van der Waals surface area contributed by atoms with Crippen molar-refractivity contribution < 1.29 is 33.3 Å². The highest BCUT2D eigenvalue weighted by atomic mass is 16.7. The Morgan fingerprint density at radius 2 is 1.73 bits per heavy atom. The fraction of sp³-hybridized carbons (Fsp3) is 0.571. The molecule has 0 amide bonds. The minimum absolute atomic E-state index is 0.320. The number of nitrogens with zero attached hydrogens (tertiary/aromatic N) is 2. The van der Waals surface area contributed by atoms with E-state index in [9.17, 15) is 24.0 Å². The zero-order chi connectivity index (χ0) is 19.4. The molecule has 26 heavy (non-hydrogen) atoms. The van der Waals surface area contributed by atoms with Gasteiger partial charge in [0.2, 0.25) is 0 Å². The molecule has 1 saturated heterocycles. The Hall–Kier alpha value is -3.02.